The summed E-state index contributed by atoms with van der Waals surface area (Å²) in [5, 5.41) is 18.8. The molecule has 2 rings (SSSR count). The highest BCUT2D eigenvalue weighted by molar-refractivity contribution is 6.01. The Balaban J connectivity index is 1.60. The van der Waals surface area contributed by atoms with E-state index in [1.165, 1.54) is 0 Å². The maximum atomic E-state index is 12.2. The molecule has 0 spiro atoms. The number of guanidine groups is 1. The lowest BCUT2D eigenvalue weighted by molar-refractivity contribution is 0.0545. The Kier molecular flexibility index (Phi) is 15.1. The van der Waals surface area contributed by atoms with Gasteiger partial charge in [-0.1, -0.05) is 43.9 Å². The van der Waals surface area contributed by atoms with Crippen LogP contribution in [-0.2, 0) is 9.47 Å². The van der Waals surface area contributed by atoms with Crippen molar-refractivity contribution in [3.63, 3.8) is 0 Å². The highest BCUT2D eigenvalue weighted by atomic mass is 16.6. The molecule has 0 aromatic heterocycles. The second-order valence-corrected chi connectivity index (χ2v) is 13.2. The van der Waals surface area contributed by atoms with E-state index in [1.54, 1.807) is 46.4 Å². The van der Waals surface area contributed by atoms with Crippen molar-refractivity contribution >= 4 is 34.8 Å². The van der Waals surface area contributed by atoms with Crippen LogP contribution < -0.4 is 20.7 Å². The lowest BCUT2D eigenvalue weighted by Gasteiger charge is -2.22. The minimum Gasteiger partial charge on any atom is -0.492 e. The van der Waals surface area contributed by atoms with Gasteiger partial charge in [-0.2, -0.15) is 0 Å². The summed E-state index contributed by atoms with van der Waals surface area (Å²) in [6.07, 6.45) is 4.92. The fourth-order valence-electron chi connectivity index (χ4n) is 4.26. The number of carbonyl (C=O) groups is 2. The third-order valence-corrected chi connectivity index (χ3v) is 6.35. The zero-order valence-electron chi connectivity index (χ0n) is 28.5. The minimum atomic E-state index is -0.691. The van der Waals surface area contributed by atoms with E-state index in [0.717, 1.165) is 73.7 Å². The molecule has 250 valence electrons. The van der Waals surface area contributed by atoms with Gasteiger partial charge in [-0.05, 0) is 89.9 Å². The molecule has 2 aromatic rings. The number of fused-ring (bicyclic) bond motifs is 1. The maximum absolute atomic E-state index is 12.2. The number of amidine groups is 1. The Labute approximate surface area is 269 Å². The van der Waals surface area contributed by atoms with Gasteiger partial charge in [0.05, 0.1) is 0 Å². The van der Waals surface area contributed by atoms with E-state index >= 15 is 0 Å². The van der Waals surface area contributed by atoms with Crippen LogP contribution in [0, 0.1) is 5.41 Å². The summed E-state index contributed by atoms with van der Waals surface area (Å²) in [7, 11) is 3.75. The van der Waals surface area contributed by atoms with E-state index in [4.69, 9.17) is 19.6 Å². The molecule has 0 bridgehead atoms. The number of amides is 2. The van der Waals surface area contributed by atoms with Crippen LogP contribution in [0.25, 0.3) is 10.8 Å². The molecular formula is C34H54N6O5. The molecule has 45 heavy (non-hydrogen) atoms. The van der Waals surface area contributed by atoms with Crippen LogP contribution in [0.4, 0.5) is 9.59 Å². The molecule has 0 saturated heterocycles. The Morgan fingerprint density at radius 2 is 1.33 bits per heavy atom. The molecule has 0 fully saturated rings. The lowest BCUT2D eigenvalue weighted by atomic mass is 10.1. The number of carbonyl (C=O) groups excluding carboxylic acids is 2. The third kappa shape index (κ3) is 16.1. The van der Waals surface area contributed by atoms with E-state index < -0.39 is 23.4 Å². The van der Waals surface area contributed by atoms with E-state index in [0.29, 0.717) is 19.0 Å². The lowest BCUT2D eigenvalue weighted by Crippen LogP contribution is -2.47. The van der Waals surface area contributed by atoms with Crippen LogP contribution in [0.5, 0.6) is 5.75 Å². The van der Waals surface area contributed by atoms with Crippen molar-refractivity contribution < 1.29 is 23.8 Å². The summed E-state index contributed by atoms with van der Waals surface area (Å²) in [4.78, 5) is 30.5. The van der Waals surface area contributed by atoms with Crippen LogP contribution in [0.2, 0.25) is 0 Å². The fraction of sp³-hybridized carbons (Fsp3) is 0.588. The molecule has 0 saturated carbocycles. The van der Waals surface area contributed by atoms with Gasteiger partial charge in [0.2, 0.25) is 5.96 Å². The van der Waals surface area contributed by atoms with Crippen LogP contribution in [-0.4, -0.2) is 80.4 Å². The van der Waals surface area contributed by atoms with Crippen molar-refractivity contribution in [2.75, 3.05) is 40.3 Å². The van der Waals surface area contributed by atoms with Gasteiger partial charge in [-0.3, -0.25) is 21.0 Å². The van der Waals surface area contributed by atoms with Crippen LogP contribution in [0.1, 0.15) is 85.6 Å². The molecule has 2 aromatic carbocycles. The SMILES string of the molecule is CN(C)C(=N)c1ccc2cc(OCCNCCCCCCCCN=C(NC(=O)OC(C)(C)C)NC(=O)OC(C)(C)C)ccc2c1. The number of unbranched alkanes of at least 4 members (excludes halogenated alkanes) is 5. The van der Waals surface area contributed by atoms with Crippen molar-refractivity contribution in [1.82, 2.24) is 20.9 Å². The van der Waals surface area contributed by atoms with Gasteiger partial charge in [0.15, 0.2) is 0 Å². The van der Waals surface area contributed by atoms with Crippen molar-refractivity contribution in [3.8, 4) is 5.75 Å². The number of nitrogens with one attached hydrogen (secondary N) is 4. The third-order valence-electron chi connectivity index (χ3n) is 6.35. The van der Waals surface area contributed by atoms with Crippen molar-refractivity contribution in [2.24, 2.45) is 4.99 Å². The summed E-state index contributed by atoms with van der Waals surface area (Å²) < 4.78 is 16.5. The molecule has 0 unspecified atom stereocenters. The second kappa shape index (κ2) is 18.2. The molecule has 4 N–H and O–H groups in total. The highest BCUT2D eigenvalue weighted by Crippen LogP contribution is 2.22. The molecular weight excluding hydrogens is 572 g/mol. The first-order valence-corrected chi connectivity index (χ1v) is 15.8. The van der Waals surface area contributed by atoms with E-state index in [-0.39, 0.29) is 5.96 Å². The van der Waals surface area contributed by atoms with Gasteiger partial charge in [-0.25, -0.2) is 9.59 Å². The average Bonchev–Trinajstić information content (AvgIpc) is 2.92. The fourth-order valence-corrected chi connectivity index (χ4v) is 4.26. The summed E-state index contributed by atoms with van der Waals surface area (Å²) in [6.45, 7) is 13.4. The predicted octanol–water partition coefficient (Wildman–Crippen LogP) is 6.44. The van der Waals surface area contributed by atoms with E-state index in [9.17, 15) is 9.59 Å². The second-order valence-electron chi connectivity index (χ2n) is 13.2. The van der Waals surface area contributed by atoms with Crippen LogP contribution in [0.3, 0.4) is 0 Å². The number of aliphatic imine (C=N–C) groups is 1. The largest absolute Gasteiger partial charge is 0.492 e. The summed E-state index contributed by atoms with van der Waals surface area (Å²) in [5.41, 5.74) is -0.451. The monoisotopic (exact) mass is 626 g/mol. The first-order chi connectivity index (χ1) is 21.1. The normalized spacial score (nSPS) is 11.5. The van der Waals surface area contributed by atoms with Gasteiger partial charge < -0.3 is 24.4 Å². The molecule has 0 aliphatic rings. The number of nitrogens with zero attached hydrogens (tertiary/aromatic N) is 2. The predicted molar refractivity (Wildman–Crippen MR) is 182 cm³/mol. The quantitative estimate of drug-likeness (QED) is 0.108. The molecule has 0 radical (unpaired) electrons. The Hall–Kier alpha value is -3.86. The zero-order valence-corrected chi connectivity index (χ0v) is 28.5. The molecule has 0 heterocycles. The molecule has 0 atom stereocenters. The molecule has 2 amide bonds. The smallest absolute Gasteiger partial charge is 0.414 e. The van der Waals surface area contributed by atoms with E-state index in [2.05, 4.69) is 20.9 Å². The summed E-state index contributed by atoms with van der Waals surface area (Å²) in [5.74, 6) is 1.35. The first-order valence-electron chi connectivity index (χ1n) is 15.8. The maximum Gasteiger partial charge on any atom is 0.414 e. The zero-order chi connectivity index (χ0) is 33.5. The number of alkyl carbamates (subject to hydrolysis) is 2. The average molecular weight is 627 g/mol. The van der Waals surface area contributed by atoms with E-state index in [1.807, 2.05) is 50.5 Å². The minimum absolute atomic E-state index is 0.0190. The highest BCUT2D eigenvalue weighted by Gasteiger charge is 2.21. The first kappa shape index (κ1) is 37.3. The van der Waals surface area contributed by atoms with Gasteiger partial charge in [0.1, 0.15) is 29.4 Å². The van der Waals surface area contributed by atoms with Crippen LogP contribution >= 0.6 is 0 Å². The summed E-state index contributed by atoms with van der Waals surface area (Å²) in [6, 6.07) is 12.1. The molecule has 0 aliphatic heterocycles. The van der Waals surface area contributed by atoms with Gasteiger partial charge in [0.25, 0.3) is 0 Å². The number of hydrogen-bond acceptors (Lipinski definition) is 8. The Bertz CT molecular complexity index is 1250. The Morgan fingerprint density at radius 3 is 1.93 bits per heavy atom. The number of rotatable bonds is 14. The molecule has 11 nitrogen and oxygen atoms in total. The number of hydrogen-bond donors (Lipinski definition) is 4. The summed E-state index contributed by atoms with van der Waals surface area (Å²) >= 11 is 0. The number of benzene rings is 2. The van der Waals surface area contributed by atoms with Gasteiger partial charge >= 0.3 is 12.2 Å². The molecule has 0 aliphatic carbocycles. The van der Waals surface area contributed by atoms with Gasteiger partial charge in [0, 0.05) is 32.7 Å². The van der Waals surface area contributed by atoms with Crippen molar-refractivity contribution in [2.45, 2.75) is 91.3 Å². The van der Waals surface area contributed by atoms with Gasteiger partial charge in [-0.15, -0.1) is 0 Å². The topological polar surface area (TPSA) is 137 Å². The number of ether oxygens (including phenoxy) is 3. The Morgan fingerprint density at radius 1 is 0.778 bits per heavy atom. The van der Waals surface area contributed by atoms with Crippen molar-refractivity contribution in [3.05, 3.63) is 42.0 Å². The molecule has 11 heteroatoms. The van der Waals surface area contributed by atoms with Crippen molar-refractivity contribution in [1.29, 1.82) is 5.41 Å². The van der Waals surface area contributed by atoms with Crippen LogP contribution in [0.15, 0.2) is 41.4 Å². The standard InChI is InChI=1S/C34H54N6O5/c1-33(2,3)44-31(41)38-30(39-32(42)45-34(4,5)6)37-20-14-12-10-9-11-13-19-36-21-22-43-28-18-17-25-23-27(29(35)40(7)8)16-15-26(25)24-28/h15-18,23-24,35-36H,9-14,19-22H2,1-8H3,(H2,37,38,39,41,42).